The van der Waals surface area contributed by atoms with Gasteiger partial charge in [-0.05, 0) is 37.6 Å². The average Bonchev–Trinajstić information content (AvgIpc) is 3.19. The molecule has 10 heteroatoms. The number of hydrogen-bond donors (Lipinski definition) is 1. The molecule has 1 aliphatic rings. The lowest BCUT2D eigenvalue weighted by atomic mass is 10.1. The minimum Gasteiger partial charge on any atom is -0.306 e. The second-order valence-corrected chi connectivity index (χ2v) is 8.95. The zero-order chi connectivity index (χ0) is 21.6. The van der Waals surface area contributed by atoms with E-state index in [0.717, 1.165) is 22.9 Å². The van der Waals surface area contributed by atoms with E-state index in [0.29, 0.717) is 22.8 Å². The van der Waals surface area contributed by atoms with Crippen LogP contribution in [0.25, 0.3) is 5.69 Å². The van der Waals surface area contributed by atoms with E-state index in [1.54, 1.807) is 4.68 Å². The molecule has 0 aliphatic carbocycles. The van der Waals surface area contributed by atoms with Crippen LogP contribution in [-0.4, -0.2) is 24.8 Å². The Bertz CT molecular complexity index is 1240. The first-order valence-electron chi connectivity index (χ1n) is 9.03. The molecular weight excluding hydrogens is 428 g/mol. The van der Waals surface area contributed by atoms with E-state index < -0.39 is 21.6 Å². The topological polar surface area (TPSA) is 107 Å². The van der Waals surface area contributed by atoms with Crippen molar-refractivity contribution in [2.75, 3.05) is 5.32 Å². The number of carbonyl (C=O) groups is 1. The number of fused-ring (bicyclic) bond motifs is 1. The number of anilines is 1. The fraction of sp³-hybridized carbons (Fsp3) is 0.200. The Labute approximate surface area is 179 Å². The second-order valence-electron chi connectivity index (χ2n) is 7.08. The van der Waals surface area contributed by atoms with Crippen LogP contribution in [0.15, 0.2) is 36.4 Å². The SMILES string of the molecule is Cc1ccc(-n2nc3c(c2NC(=O)c2ccc(Cl)c([N+](=O)[O-])c2)C[S@@](=O)C3)c(C)c1. The monoisotopic (exact) mass is 444 g/mol. The van der Waals surface area contributed by atoms with Gasteiger partial charge in [0.15, 0.2) is 0 Å². The summed E-state index contributed by atoms with van der Waals surface area (Å²) in [5.41, 5.74) is 3.98. The fourth-order valence-corrected chi connectivity index (χ4v) is 4.90. The minimum absolute atomic E-state index is 0.0480. The van der Waals surface area contributed by atoms with Gasteiger partial charge in [-0.15, -0.1) is 0 Å². The van der Waals surface area contributed by atoms with Gasteiger partial charge >= 0.3 is 0 Å². The van der Waals surface area contributed by atoms with Crippen LogP contribution in [-0.2, 0) is 22.3 Å². The van der Waals surface area contributed by atoms with Gasteiger partial charge in [-0.2, -0.15) is 5.10 Å². The summed E-state index contributed by atoms with van der Waals surface area (Å²) in [4.78, 5) is 23.4. The maximum Gasteiger partial charge on any atom is 0.288 e. The van der Waals surface area contributed by atoms with Crippen LogP contribution >= 0.6 is 11.6 Å². The molecule has 4 rings (SSSR count). The highest BCUT2D eigenvalue weighted by atomic mass is 35.5. The Hall–Kier alpha value is -3.04. The molecule has 3 aromatic rings. The molecule has 30 heavy (non-hydrogen) atoms. The molecule has 0 spiro atoms. The highest BCUT2D eigenvalue weighted by Gasteiger charge is 2.29. The van der Waals surface area contributed by atoms with Crippen molar-refractivity contribution in [3.8, 4) is 5.69 Å². The van der Waals surface area contributed by atoms with Gasteiger partial charge in [-0.25, -0.2) is 4.68 Å². The number of halogens is 1. The van der Waals surface area contributed by atoms with Crippen molar-refractivity contribution in [1.82, 2.24) is 9.78 Å². The van der Waals surface area contributed by atoms with Gasteiger partial charge in [-0.3, -0.25) is 19.1 Å². The third kappa shape index (κ3) is 3.61. The Morgan fingerprint density at radius 1 is 1.23 bits per heavy atom. The number of nitrogens with zero attached hydrogens (tertiary/aromatic N) is 3. The summed E-state index contributed by atoms with van der Waals surface area (Å²) in [6, 6.07) is 9.73. The maximum atomic E-state index is 12.9. The molecule has 8 nitrogen and oxygen atoms in total. The van der Waals surface area contributed by atoms with E-state index in [1.165, 1.54) is 12.1 Å². The van der Waals surface area contributed by atoms with Gasteiger partial charge in [0.2, 0.25) is 0 Å². The van der Waals surface area contributed by atoms with Crippen LogP contribution in [0, 0.1) is 24.0 Å². The van der Waals surface area contributed by atoms with Crippen molar-refractivity contribution in [2.24, 2.45) is 0 Å². The van der Waals surface area contributed by atoms with E-state index in [-0.39, 0.29) is 22.0 Å². The number of nitro groups is 1. The fourth-order valence-electron chi connectivity index (χ4n) is 3.45. The summed E-state index contributed by atoms with van der Waals surface area (Å²) in [5.74, 6) is 0.491. The van der Waals surface area contributed by atoms with Crippen LogP contribution in [0.4, 0.5) is 11.5 Å². The largest absolute Gasteiger partial charge is 0.306 e. The van der Waals surface area contributed by atoms with Gasteiger partial charge in [0.05, 0.1) is 27.8 Å². The van der Waals surface area contributed by atoms with Gasteiger partial charge in [0, 0.05) is 28.0 Å². The number of carbonyl (C=O) groups excluding carboxylic acids is 1. The van der Waals surface area contributed by atoms with E-state index in [2.05, 4.69) is 10.4 Å². The molecular formula is C20H17ClN4O4S. The third-order valence-corrected chi connectivity index (χ3v) is 6.41. The maximum absolute atomic E-state index is 12.9. The molecule has 154 valence electrons. The summed E-state index contributed by atoms with van der Waals surface area (Å²) in [5, 5.41) is 18.5. The van der Waals surface area contributed by atoms with Crippen LogP contribution in [0.3, 0.4) is 0 Å². The molecule has 2 heterocycles. The molecule has 1 aliphatic heterocycles. The molecule has 1 aromatic heterocycles. The van der Waals surface area contributed by atoms with Crippen LogP contribution in [0.2, 0.25) is 5.02 Å². The Morgan fingerprint density at radius 2 is 2.00 bits per heavy atom. The Balaban J connectivity index is 1.77. The first kappa shape index (κ1) is 20.2. The van der Waals surface area contributed by atoms with Crippen molar-refractivity contribution in [3.05, 3.63) is 79.5 Å². The van der Waals surface area contributed by atoms with Gasteiger partial charge in [0.1, 0.15) is 10.8 Å². The number of nitrogens with one attached hydrogen (secondary N) is 1. The number of amides is 1. The average molecular weight is 445 g/mol. The first-order valence-corrected chi connectivity index (χ1v) is 10.9. The van der Waals surface area contributed by atoms with Crippen LogP contribution in [0.1, 0.15) is 32.7 Å². The molecule has 0 saturated heterocycles. The number of benzene rings is 2. The van der Waals surface area contributed by atoms with Crippen LogP contribution < -0.4 is 5.32 Å². The van der Waals surface area contributed by atoms with Gasteiger partial charge < -0.3 is 5.32 Å². The van der Waals surface area contributed by atoms with Crippen molar-refractivity contribution < 1.29 is 13.9 Å². The summed E-state index contributed by atoms with van der Waals surface area (Å²) in [6.45, 7) is 3.93. The first-order chi connectivity index (χ1) is 14.2. The molecule has 1 atom stereocenters. The Morgan fingerprint density at radius 3 is 2.70 bits per heavy atom. The number of aromatic nitrogens is 2. The number of rotatable bonds is 4. The summed E-state index contributed by atoms with van der Waals surface area (Å²) in [6.07, 6.45) is 0. The normalized spacial score (nSPS) is 15.1. The predicted octanol–water partition coefficient (Wildman–Crippen LogP) is 4.07. The van der Waals surface area contributed by atoms with Gasteiger partial charge in [0.25, 0.3) is 11.6 Å². The lowest BCUT2D eigenvalue weighted by Crippen LogP contribution is -2.17. The highest BCUT2D eigenvalue weighted by Crippen LogP contribution is 2.33. The smallest absolute Gasteiger partial charge is 0.288 e. The van der Waals surface area contributed by atoms with Crippen LogP contribution in [0.5, 0.6) is 0 Å². The third-order valence-electron chi connectivity index (χ3n) is 4.89. The standard InChI is InChI=1S/C20H17ClN4O4S/c1-11-3-6-17(12(2)7-11)24-19(14-9-30(29)10-16(14)23-24)22-20(26)13-4-5-15(21)18(8-13)25(27)28/h3-8H,9-10H2,1-2H3,(H,22,26)/t30-/m1/s1. The Kier molecular flexibility index (Phi) is 5.17. The number of nitro benzene ring substituents is 1. The highest BCUT2D eigenvalue weighted by molar-refractivity contribution is 7.83. The predicted molar refractivity (Wildman–Crippen MR) is 115 cm³/mol. The molecule has 1 amide bonds. The summed E-state index contributed by atoms with van der Waals surface area (Å²) >= 11 is 5.85. The van der Waals surface area contributed by atoms with Crippen molar-refractivity contribution in [1.29, 1.82) is 0 Å². The van der Waals surface area contributed by atoms with E-state index >= 15 is 0 Å². The van der Waals surface area contributed by atoms with Gasteiger partial charge in [-0.1, -0.05) is 29.3 Å². The van der Waals surface area contributed by atoms with Crippen molar-refractivity contribution in [3.63, 3.8) is 0 Å². The zero-order valence-corrected chi connectivity index (χ0v) is 17.7. The lowest BCUT2D eigenvalue weighted by molar-refractivity contribution is -0.384. The summed E-state index contributed by atoms with van der Waals surface area (Å²) < 4.78 is 13.7. The van der Waals surface area contributed by atoms with E-state index in [1.807, 2.05) is 32.0 Å². The second kappa shape index (κ2) is 7.66. The minimum atomic E-state index is -1.08. The number of hydrogen-bond acceptors (Lipinski definition) is 5. The molecule has 0 unspecified atom stereocenters. The molecule has 0 bridgehead atoms. The zero-order valence-electron chi connectivity index (χ0n) is 16.1. The lowest BCUT2D eigenvalue weighted by Gasteiger charge is -2.13. The van der Waals surface area contributed by atoms with Crippen molar-refractivity contribution in [2.45, 2.75) is 25.4 Å². The van der Waals surface area contributed by atoms with Crippen molar-refractivity contribution >= 4 is 39.8 Å². The molecule has 1 N–H and O–H groups in total. The van der Waals surface area contributed by atoms with E-state index in [9.17, 15) is 19.1 Å². The molecule has 0 saturated carbocycles. The van der Waals surface area contributed by atoms with E-state index in [4.69, 9.17) is 11.6 Å². The number of aryl methyl sites for hydroxylation is 2. The summed E-state index contributed by atoms with van der Waals surface area (Å²) in [7, 11) is -1.08. The molecule has 0 fully saturated rings. The quantitative estimate of drug-likeness (QED) is 0.482. The molecule has 2 aromatic carbocycles. The molecule has 0 radical (unpaired) electrons.